The average molecular weight is 483 g/mol. The number of alkyl halides is 3. The number of benzene rings is 1. The minimum atomic E-state index is -4.60. The highest BCUT2D eigenvalue weighted by Gasteiger charge is 2.34. The first-order chi connectivity index (χ1) is 16.3. The van der Waals surface area contributed by atoms with Crippen LogP contribution in [-0.2, 0) is 6.18 Å². The fraction of sp³-hybridized carbons (Fsp3) is 0.522. The molecule has 34 heavy (non-hydrogen) atoms. The Hall–Kier alpha value is -3.24. The summed E-state index contributed by atoms with van der Waals surface area (Å²) in [6, 6.07) is 3.63. The molecule has 2 heterocycles. The summed E-state index contributed by atoms with van der Waals surface area (Å²) in [4.78, 5) is 22.1. The van der Waals surface area contributed by atoms with E-state index in [1.165, 1.54) is 0 Å². The van der Waals surface area contributed by atoms with Gasteiger partial charge in [0.2, 0.25) is 5.75 Å². The van der Waals surface area contributed by atoms with Crippen molar-refractivity contribution >= 4 is 5.91 Å². The van der Waals surface area contributed by atoms with E-state index in [9.17, 15) is 18.0 Å². The van der Waals surface area contributed by atoms with Crippen molar-refractivity contribution in [3.63, 3.8) is 0 Å². The quantitative estimate of drug-likeness (QED) is 0.524. The summed E-state index contributed by atoms with van der Waals surface area (Å²) in [7, 11) is 0. The highest BCUT2D eigenvalue weighted by atomic mass is 19.4. The summed E-state index contributed by atoms with van der Waals surface area (Å²) in [6.45, 7) is 7.30. The molecule has 1 aliphatic heterocycles. The molecule has 0 aliphatic carbocycles. The Morgan fingerprint density at radius 2 is 1.74 bits per heavy atom. The zero-order valence-electron chi connectivity index (χ0n) is 19.4. The first-order valence-corrected chi connectivity index (χ1v) is 11.2. The van der Waals surface area contributed by atoms with E-state index in [1.54, 1.807) is 17.0 Å². The van der Waals surface area contributed by atoms with E-state index >= 15 is 0 Å². The van der Waals surface area contributed by atoms with Gasteiger partial charge in [0.05, 0.1) is 26.4 Å². The van der Waals surface area contributed by atoms with E-state index in [4.69, 9.17) is 18.9 Å². The van der Waals surface area contributed by atoms with Crippen molar-refractivity contribution in [3.8, 4) is 23.3 Å². The lowest BCUT2D eigenvalue weighted by molar-refractivity contribution is -0.141. The number of aromatic nitrogens is 2. The van der Waals surface area contributed by atoms with Gasteiger partial charge in [-0.05, 0) is 51.8 Å². The Morgan fingerprint density at radius 1 is 1.09 bits per heavy atom. The molecular weight excluding hydrogens is 455 g/mol. The first kappa shape index (κ1) is 25.4. The molecule has 0 N–H and O–H groups in total. The standard InChI is InChI=1S/C23H28F3N3O5/c1-4-31-17-12-15(13-18(32-5-2)20(17)33-6-3)21(30)29-11-7-8-16(14-29)34-22-27-10-9-19(28-22)23(24,25)26/h9-10,12-13,16H,4-8,11,14H2,1-3H3. The molecule has 3 rings (SSSR count). The number of carbonyl (C=O) groups excluding carboxylic acids is 1. The summed E-state index contributed by atoms with van der Waals surface area (Å²) in [6.07, 6.45) is -2.97. The highest BCUT2D eigenvalue weighted by molar-refractivity contribution is 5.95. The van der Waals surface area contributed by atoms with Crippen LogP contribution >= 0.6 is 0 Å². The smallest absolute Gasteiger partial charge is 0.433 e. The maximum absolute atomic E-state index is 13.3. The van der Waals surface area contributed by atoms with Gasteiger partial charge in [0.15, 0.2) is 17.2 Å². The molecule has 0 spiro atoms. The molecule has 0 radical (unpaired) electrons. The second-order valence-electron chi connectivity index (χ2n) is 7.46. The molecule has 0 bridgehead atoms. The number of hydrogen-bond acceptors (Lipinski definition) is 7. The third kappa shape index (κ3) is 6.21. The predicted molar refractivity (Wildman–Crippen MR) is 117 cm³/mol. The van der Waals surface area contributed by atoms with Gasteiger partial charge in [0.1, 0.15) is 6.10 Å². The molecule has 1 amide bonds. The van der Waals surface area contributed by atoms with Gasteiger partial charge in [-0.15, -0.1) is 0 Å². The SMILES string of the molecule is CCOc1cc(C(=O)N2CCCC(Oc3nccc(C(F)(F)F)n3)C2)cc(OCC)c1OCC. The van der Waals surface area contributed by atoms with Gasteiger partial charge in [-0.25, -0.2) is 4.98 Å². The normalized spacial score (nSPS) is 16.2. The lowest BCUT2D eigenvalue weighted by atomic mass is 10.1. The third-order valence-corrected chi connectivity index (χ3v) is 5.02. The molecule has 1 fully saturated rings. The summed E-state index contributed by atoms with van der Waals surface area (Å²) in [5, 5.41) is 0. The van der Waals surface area contributed by atoms with Crippen molar-refractivity contribution < 1.29 is 36.9 Å². The van der Waals surface area contributed by atoms with Gasteiger partial charge in [-0.1, -0.05) is 0 Å². The summed E-state index contributed by atoms with van der Waals surface area (Å²) in [5.41, 5.74) is -0.728. The molecule has 1 unspecified atom stereocenters. The number of carbonyl (C=O) groups is 1. The van der Waals surface area contributed by atoms with Crippen LogP contribution in [0.1, 0.15) is 49.7 Å². The number of nitrogens with zero attached hydrogens (tertiary/aromatic N) is 3. The van der Waals surface area contributed by atoms with Crippen molar-refractivity contribution in [1.29, 1.82) is 0 Å². The van der Waals surface area contributed by atoms with Crippen LogP contribution in [-0.4, -0.2) is 59.8 Å². The third-order valence-electron chi connectivity index (χ3n) is 5.02. The number of rotatable bonds is 9. The maximum atomic E-state index is 13.3. The molecule has 8 nitrogen and oxygen atoms in total. The molecule has 1 atom stereocenters. The molecule has 0 saturated carbocycles. The van der Waals surface area contributed by atoms with Crippen LogP contribution in [0.4, 0.5) is 13.2 Å². The van der Waals surface area contributed by atoms with Gasteiger partial charge in [-0.3, -0.25) is 4.79 Å². The molecular formula is C23H28F3N3O5. The summed E-state index contributed by atoms with van der Waals surface area (Å²) in [5.74, 6) is 0.967. The van der Waals surface area contributed by atoms with Crippen LogP contribution in [0.15, 0.2) is 24.4 Å². The Kier molecular flexibility index (Phi) is 8.41. The summed E-state index contributed by atoms with van der Waals surface area (Å²) < 4.78 is 61.4. The van der Waals surface area contributed by atoms with Gasteiger partial charge in [0.25, 0.3) is 5.91 Å². The Labute approximate surface area is 196 Å². The van der Waals surface area contributed by atoms with E-state index < -0.39 is 18.0 Å². The fourth-order valence-electron chi connectivity index (χ4n) is 3.62. The number of piperidine rings is 1. The van der Waals surface area contributed by atoms with Gasteiger partial charge < -0.3 is 23.8 Å². The second kappa shape index (κ2) is 11.3. The zero-order chi connectivity index (χ0) is 24.7. The van der Waals surface area contributed by atoms with E-state index in [0.717, 1.165) is 12.3 Å². The lowest BCUT2D eigenvalue weighted by Gasteiger charge is -2.32. The second-order valence-corrected chi connectivity index (χ2v) is 7.46. The number of hydrogen-bond donors (Lipinski definition) is 0. The molecule has 1 aromatic heterocycles. The van der Waals surface area contributed by atoms with Crippen LogP contribution in [0.3, 0.4) is 0 Å². The van der Waals surface area contributed by atoms with Crippen molar-refractivity contribution in [2.45, 2.75) is 45.9 Å². The van der Waals surface area contributed by atoms with Crippen molar-refractivity contribution in [2.75, 3.05) is 32.9 Å². The average Bonchev–Trinajstić information content (AvgIpc) is 2.80. The predicted octanol–water partition coefficient (Wildman–Crippen LogP) is 4.38. The minimum Gasteiger partial charge on any atom is -0.490 e. The largest absolute Gasteiger partial charge is 0.490 e. The first-order valence-electron chi connectivity index (χ1n) is 11.2. The fourth-order valence-corrected chi connectivity index (χ4v) is 3.62. The van der Waals surface area contributed by atoms with Crippen LogP contribution in [0.25, 0.3) is 0 Å². The number of likely N-dealkylation sites (tertiary alicyclic amines) is 1. The minimum absolute atomic E-state index is 0.180. The molecule has 1 saturated heterocycles. The number of amides is 1. The molecule has 1 aromatic carbocycles. The van der Waals surface area contributed by atoms with Crippen molar-refractivity contribution in [1.82, 2.24) is 14.9 Å². The summed E-state index contributed by atoms with van der Waals surface area (Å²) >= 11 is 0. The Balaban J connectivity index is 1.79. The molecule has 11 heteroatoms. The Bertz CT molecular complexity index is 960. The van der Waals surface area contributed by atoms with Crippen molar-refractivity contribution in [2.24, 2.45) is 0 Å². The van der Waals surface area contributed by atoms with Crippen LogP contribution in [0, 0.1) is 0 Å². The Morgan fingerprint density at radius 3 is 2.32 bits per heavy atom. The monoisotopic (exact) mass is 483 g/mol. The zero-order valence-corrected chi connectivity index (χ0v) is 19.4. The topological polar surface area (TPSA) is 83.0 Å². The highest BCUT2D eigenvalue weighted by Crippen LogP contribution is 2.39. The van der Waals surface area contributed by atoms with E-state index in [1.807, 2.05) is 20.8 Å². The van der Waals surface area contributed by atoms with Crippen LogP contribution < -0.4 is 18.9 Å². The molecule has 2 aromatic rings. The lowest BCUT2D eigenvalue weighted by Crippen LogP contribution is -2.44. The molecule has 186 valence electrons. The van der Waals surface area contributed by atoms with Crippen molar-refractivity contribution in [3.05, 3.63) is 35.7 Å². The van der Waals surface area contributed by atoms with Gasteiger partial charge >= 0.3 is 12.2 Å². The van der Waals surface area contributed by atoms with E-state index in [2.05, 4.69) is 9.97 Å². The van der Waals surface area contributed by atoms with Crippen LogP contribution in [0.2, 0.25) is 0 Å². The van der Waals surface area contributed by atoms with E-state index in [-0.39, 0.29) is 18.5 Å². The van der Waals surface area contributed by atoms with Gasteiger partial charge in [0, 0.05) is 18.3 Å². The van der Waals surface area contributed by atoms with Crippen LogP contribution in [0.5, 0.6) is 23.3 Å². The molecule has 1 aliphatic rings. The number of halogens is 3. The maximum Gasteiger partial charge on any atom is 0.433 e. The van der Waals surface area contributed by atoms with E-state index in [0.29, 0.717) is 62.0 Å². The van der Waals surface area contributed by atoms with Gasteiger partial charge in [-0.2, -0.15) is 18.2 Å². The number of ether oxygens (including phenoxy) is 4.